The van der Waals surface area contributed by atoms with E-state index < -0.39 is 0 Å². The minimum atomic E-state index is 0. The Morgan fingerprint density at radius 3 is 2.14 bits per heavy atom. The lowest BCUT2D eigenvalue weighted by atomic mass is 9.60. The van der Waals surface area contributed by atoms with Crippen molar-refractivity contribution in [3.63, 3.8) is 0 Å². The van der Waals surface area contributed by atoms with E-state index in [0.717, 1.165) is 0 Å². The highest BCUT2D eigenvalue weighted by atomic mass is 35.5. The smallest absolute Gasteiger partial charge is 0.0402 e. The quantitative estimate of drug-likeness (QED) is 0.539. The molecule has 0 bridgehead atoms. The van der Waals surface area contributed by atoms with Gasteiger partial charge >= 0.3 is 0 Å². The predicted molar refractivity (Wildman–Crippen MR) is 126 cm³/mol. The highest BCUT2D eigenvalue weighted by Crippen LogP contribution is 2.53. The first-order valence-electron chi connectivity index (χ1n) is 11.3. The molecule has 3 heteroatoms. The Labute approximate surface area is 180 Å². The van der Waals surface area contributed by atoms with Crippen LogP contribution >= 0.6 is 12.4 Å². The van der Waals surface area contributed by atoms with E-state index in [0.29, 0.717) is 16.7 Å². The van der Waals surface area contributed by atoms with Crippen LogP contribution in [0.25, 0.3) is 0 Å². The molecule has 0 radical (unpaired) electrons. The fourth-order valence-electron chi connectivity index (χ4n) is 5.95. The minimum absolute atomic E-state index is 0. The van der Waals surface area contributed by atoms with Gasteiger partial charge in [0.2, 0.25) is 0 Å². The average molecular weight is 407 g/mol. The van der Waals surface area contributed by atoms with Crippen LogP contribution in [0, 0.1) is 17.8 Å². The normalized spacial score (nSPS) is 22.7. The number of hydrogen-bond donors (Lipinski definition) is 0. The summed E-state index contributed by atoms with van der Waals surface area (Å²) in [7, 11) is 0. The zero-order valence-electron chi connectivity index (χ0n) is 19.2. The predicted octanol–water partition coefficient (Wildman–Crippen LogP) is 6.66. The Morgan fingerprint density at radius 2 is 1.57 bits per heavy atom. The second-order valence-corrected chi connectivity index (χ2v) is 10.9. The fourth-order valence-corrected chi connectivity index (χ4v) is 5.95. The van der Waals surface area contributed by atoms with Crippen LogP contribution in [0.5, 0.6) is 0 Å². The summed E-state index contributed by atoms with van der Waals surface area (Å²) in [4.78, 5) is 5.33. The zero-order chi connectivity index (χ0) is 19.7. The minimum Gasteiger partial charge on any atom is -0.369 e. The zero-order valence-corrected chi connectivity index (χ0v) is 20.0. The Balaban J connectivity index is 0.00000280. The highest BCUT2D eigenvalue weighted by molar-refractivity contribution is 5.85. The van der Waals surface area contributed by atoms with Crippen LogP contribution in [0.3, 0.4) is 0 Å². The molecule has 1 heterocycles. The van der Waals surface area contributed by atoms with Crippen molar-refractivity contribution in [1.82, 2.24) is 4.90 Å². The second kappa shape index (κ2) is 9.39. The molecule has 0 N–H and O–H groups in total. The molecule has 2 aliphatic rings. The lowest BCUT2D eigenvalue weighted by molar-refractivity contribution is 0.0969. The van der Waals surface area contributed by atoms with Crippen molar-refractivity contribution in [2.75, 3.05) is 37.6 Å². The van der Waals surface area contributed by atoms with Gasteiger partial charge < -0.3 is 4.90 Å². The van der Waals surface area contributed by atoms with Gasteiger partial charge in [0.15, 0.2) is 0 Å². The standard InChI is InChI=1S/C25H42N2.ClH/c1-7-8-11-26-12-14-27(15-13-26)23-10-9-20(2)16-22(23)21-17-24(3,4)19-25(5,6)18-21;/h9-10,16,21H,7-8,11-15,17-19H2,1-6H3;1H. The Bertz CT molecular complexity index is 613. The summed E-state index contributed by atoms with van der Waals surface area (Å²) in [6.45, 7) is 20.5. The summed E-state index contributed by atoms with van der Waals surface area (Å²) in [5, 5.41) is 0. The van der Waals surface area contributed by atoms with E-state index >= 15 is 0 Å². The van der Waals surface area contributed by atoms with Crippen LogP contribution in [-0.4, -0.2) is 37.6 Å². The number of anilines is 1. The van der Waals surface area contributed by atoms with Gasteiger partial charge in [0.05, 0.1) is 0 Å². The Kier molecular flexibility index (Phi) is 7.90. The summed E-state index contributed by atoms with van der Waals surface area (Å²) in [5.74, 6) is 0.691. The maximum atomic E-state index is 2.67. The Morgan fingerprint density at radius 1 is 0.964 bits per heavy atom. The summed E-state index contributed by atoms with van der Waals surface area (Å²) in [6.07, 6.45) is 6.62. The largest absolute Gasteiger partial charge is 0.369 e. The molecular weight excluding hydrogens is 364 g/mol. The van der Waals surface area contributed by atoms with Crippen LogP contribution in [0.1, 0.15) is 83.8 Å². The van der Waals surface area contributed by atoms with Crippen molar-refractivity contribution < 1.29 is 0 Å². The molecule has 1 aliphatic carbocycles. The molecule has 1 aromatic rings. The lowest BCUT2D eigenvalue weighted by Gasteiger charge is -2.46. The van der Waals surface area contributed by atoms with Crippen molar-refractivity contribution in [2.24, 2.45) is 10.8 Å². The van der Waals surface area contributed by atoms with Crippen LogP contribution in [-0.2, 0) is 0 Å². The van der Waals surface area contributed by atoms with E-state index in [1.54, 1.807) is 5.56 Å². The number of aryl methyl sites for hydroxylation is 1. The number of benzene rings is 1. The third-order valence-corrected chi connectivity index (χ3v) is 6.72. The van der Waals surface area contributed by atoms with Crippen molar-refractivity contribution in [2.45, 2.75) is 79.6 Å². The molecule has 1 aromatic carbocycles. The molecule has 0 amide bonds. The van der Waals surface area contributed by atoms with Gasteiger partial charge in [-0.2, -0.15) is 0 Å². The molecule has 1 saturated heterocycles. The monoisotopic (exact) mass is 406 g/mol. The number of nitrogens with zero attached hydrogens (tertiary/aromatic N) is 2. The fraction of sp³-hybridized carbons (Fsp3) is 0.760. The maximum absolute atomic E-state index is 2.67. The summed E-state index contributed by atoms with van der Waals surface area (Å²) >= 11 is 0. The van der Waals surface area contributed by atoms with E-state index in [2.05, 4.69) is 69.5 Å². The lowest BCUT2D eigenvalue weighted by Crippen LogP contribution is -2.47. The molecule has 0 unspecified atom stereocenters. The number of unbranched alkanes of at least 4 members (excludes halogenated alkanes) is 1. The average Bonchev–Trinajstić information content (AvgIpc) is 2.58. The molecule has 28 heavy (non-hydrogen) atoms. The van der Waals surface area contributed by atoms with E-state index in [1.807, 2.05) is 0 Å². The molecule has 0 atom stereocenters. The first-order chi connectivity index (χ1) is 12.7. The molecule has 0 aromatic heterocycles. The first kappa shape index (κ1) is 23.5. The maximum Gasteiger partial charge on any atom is 0.0402 e. The summed E-state index contributed by atoms with van der Waals surface area (Å²) < 4.78 is 0. The van der Waals surface area contributed by atoms with Gasteiger partial charge in [0, 0.05) is 31.9 Å². The Hall–Kier alpha value is -0.730. The van der Waals surface area contributed by atoms with E-state index in [-0.39, 0.29) is 12.4 Å². The van der Waals surface area contributed by atoms with E-state index in [4.69, 9.17) is 0 Å². The van der Waals surface area contributed by atoms with Gasteiger partial charge in [-0.1, -0.05) is 58.7 Å². The SMILES string of the molecule is CCCCN1CCN(c2ccc(C)cc2C2CC(C)(C)CC(C)(C)C2)CC1.Cl. The number of hydrogen-bond acceptors (Lipinski definition) is 2. The van der Waals surface area contributed by atoms with Crippen molar-refractivity contribution >= 4 is 18.1 Å². The van der Waals surface area contributed by atoms with Crippen LogP contribution in [0.15, 0.2) is 18.2 Å². The van der Waals surface area contributed by atoms with Crippen LogP contribution in [0.2, 0.25) is 0 Å². The topological polar surface area (TPSA) is 6.48 Å². The van der Waals surface area contributed by atoms with Gasteiger partial charge in [-0.15, -0.1) is 12.4 Å². The van der Waals surface area contributed by atoms with Crippen LogP contribution in [0.4, 0.5) is 5.69 Å². The molecule has 0 spiro atoms. The summed E-state index contributed by atoms with van der Waals surface area (Å²) in [5.41, 5.74) is 5.43. The molecule has 2 fully saturated rings. The number of halogens is 1. The molecule has 3 rings (SSSR count). The molecule has 1 saturated carbocycles. The van der Waals surface area contributed by atoms with Crippen molar-refractivity contribution in [3.05, 3.63) is 29.3 Å². The molecule has 1 aliphatic heterocycles. The van der Waals surface area contributed by atoms with Gasteiger partial charge in [0.25, 0.3) is 0 Å². The summed E-state index contributed by atoms with van der Waals surface area (Å²) in [6, 6.07) is 7.24. The van der Waals surface area contributed by atoms with Crippen molar-refractivity contribution in [3.8, 4) is 0 Å². The highest BCUT2D eigenvalue weighted by Gasteiger charge is 2.40. The number of piperazine rings is 1. The van der Waals surface area contributed by atoms with Gasteiger partial charge in [-0.25, -0.2) is 0 Å². The molecular formula is C25H43ClN2. The van der Waals surface area contributed by atoms with Crippen LogP contribution < -0.4 is 4.90 Å². The third kappa shape index (κ3) is 5.89. The van der Waals surface area contributed by atoms with E-state index in [9.17, 15) is 0 Å². The van der Waals surface area contributed by atoms with E-state index in [1.165, 1.54) is 76.1 Å². The third-order valence-electron chi connectivity index (χ3n) is 6.72. The van der Waals surface area contributed by atoms with Gasteiger partial charge in [-0.05, 0) is 67.5 Å². The molecule has 2 nitrogen and oxygen atoms in total. The van der Waals surface area contributed by atoms with Gasteiger partial charge in [-0.3, -0.25) is 4.90 Å². The van der Waals surface area contributed by atoms with Crippen molar-refractivity contribution in [1.29, 1.82) is 0 Å². The number of rotatable bonds is 5. The van der Waals surface area contributed by atoms with Gasteiger partial charge in [0.1, 0.15) is 0 Å². The second-order valence-electron chi connectivity index (χ2n) is 10.9. The molecule has 160 valence electrons. The first-order valence-corrected chi connectivity index (χ1v) is 11.3.